The van der Waals surface area contributed by atoms with Crippen LogP contribution in [0.2, 0.25) is 0 Å². The highest BCUT2D eigenvalue weighted by molar-refractivity contribution is 6.05. The van der Waals surface area contributed by atoms with Crippen LogP contribution in [0.25, 0.3) is 5.69 Å². The predicted molar refractivity (Wildman–Crippen MR) is 115 cm³/mol. The minimum Gasteiger partial charge on any atom is -0.368 e. The van der Waals surface area contributed by atoms with Crippen molar-refractivity contribution in [2.24, 2.45) is 0 Å². The fraction of sp³-hybridized carbons (Fsp3) is 0.261. The van der Waals surface area contributed by atoms with Gasteiger partial charge in [0.15, 0.2) is 0 Å². The molecule has 4 rings (SSSR count). The fourth-order valence-electron chi connectivity index (χ4n) is 3.66. The lowest BCUT2D eigenvalue weighted by Gasteiger charge is -2.17. The topological polar surface area (TPSA) is 85.2 Å². The molecular formula is C23H20F4N4O3. The Bertz CT molecular complexity index is 1230. The lowest BCUT2D eigenvalue weighted by Crippen LogP contribution is -2.27. The number of hydrogen-bond donors (Lipinski definition) is 2. The molecule has 2 heterocycles. The van der Waals surface area contributed by atoms with Crippen LogP contribution in [-0.4, -0.2) is 34.3 Å². The molecule has 1 aromatic heterocycles. The van der Waals surface area contributed by atoms with Gasteiger partial charge in [-0.25, -0.2) is 9.07 Å². The second kappa shape index (κ2) is 9.26. The molecule has 1 aliphatic heterocycles. The van der Waals surface area contributed by atoms with E-state index in [2.05, 4.69) is 15.7 Å². The molecule has 2 aromatic carbocycles. The molecule has 0 aliphatic carbocycles. The summed E-state index contributed by atoms with van der Waals surface area (Å²) in [6.07, 6.45) is -3.17. The van der Waals surface area contributed by atoms with Crippen molar-refractivity contribution in [3.05, 3.63) is 71.3 Å². The zero-order valence-corrected chi connectivity index (χ0v) is 17.9. The molecule has 178 valence electrons. The first kappa shape index (κ1) is 23.4. The first-order valence-corrected chi connectivity index (χ1v) is 10.4. The molecule has 11 heteroatoms. The number of carbonyl (C=O) groups excluding carboxylic acids is 2. The number of nitrogens with zero attached hydrogens (tertiary/aromatic N) is 2. The number of halogens is 4. The maximum atomic E-state index is 14.1. The predicted octanol–water partition coefficient (Wildman–Crippen LogP) is 4.71. The van der Waals surface area contributed by atoms with E-state index in [0.717, 1.165) is 18.3 Å². The van der Waals surface area contributed by atoms with Crippen LogP contribution in [0.5, 0.6) is 0 Å². The van der Waals surface area contributed by atoms with E-state index in [0.29, 0.717) is 19.4 Å². The van der Waals surface area contributed by atoms with Crippen molar-refractivity contribution < 1.29 is 31.9 Å². The van der Waals surface area contributed by atoms with Crippen molar-refractivity contribution in [3.63, 3.8) is 0 Å². The molecule has 3 aromatic rings. The number of rotatable bonds is 5. The van der Waals surface area contributed by atoms with E-state index in [-0.39, 0.29) is 22.6 Å². The van der Waals surface area contributed by atoms with Crippen LogP contribution < -0.4 is 10.6 Å². The lowest BCUT2D eigenvalue weighted by molar-refractivity contribution is -0.137. The number of nitrogens with one attached hydrogen (secondary N) is 2. The normalized spacial score (nSPS) is 15.9. The molecule has 0 spiro atoms. The Morgan fingerprint density at radius 2 is 1.91 bits per heavy atom. The summed E-state index contributed by atoms with van der Waals surface area (Å²) in [6, 6.07) is 8.84. The second-order valence-electron chi connectivity index (χ2n) is 7.71. The van der Waals surface area contributed by atoms with Crippen LogP contribution in [0.4, 0.5) is 28.9 Å². The molecule has 1 fully saturated rings. The van der Waals surface area contributed by atoms with E-state index in [1.807, 2.05) is 0 Å². The van der Waals surface area contributed by atoms with E-state index in [1.54, 1.807) is 6.07 Å². The summed E-state index contributed by atoms with van der Waals surface area (Å²) in [7, 11) is 0. The summed E-state index contributed by atoms with van der Waals surface area (Å²) in [5.74, 6) is -1.94. The Hall–Kier alpha value is -3.73. The van der Waals surface area contributed by atoms with Gasteiger partial charge in [0.1, 0.15) is 17.6 Å². The average Bonchev–Trinajstić information content (AvgIpc) is 3.45. The minimum atomic E-state index is -4.81. The molecule has 1 unspecified atom stereocenters. The summed E-state index contributed by atoms with van der Waals surface area (Å²) in [4.78, 5) is 24.9. The van der Waals surface area contributed by atoms with Crippen LogP contribution >= 0.6 is 0 Å². The molecule has 2 N–H and O–H groups in total. The van der Waals surface area contributed by atoms with Gasteiger partial charge in [0.25, 0.3) is 11.8 Å². The number of ether oxygens (including phenoxy) is 1. The molecule has 0 saturated carbocycles. The lowest BCUT2D eigenvalue weighted by atomic mass is 10.1. The molecule has 7 nitrogen and oxygen atoms in total. The van der Waals surface area contributed by atoms with E-state index in [9.17, 15) is 27.2 Å². The van der Waals surface area contributed by atoms with Crippen molar-refractivity contribution >= 4 is 23.2 Å². The molecule has 1 saturated heterocycles. The highest BCUT2D eigenvalue weighted by Gasteiger charge is 2.35. The summed E-state index contributed by atoms with van der Waals surface area (Å²) >= 11 is 0. The van der Waals surface area contributed by atoms with Gasteiger partial charge in [0.2, 0.25) is 0 Å². The molecule has 0 radical (unpaired) electrons. The number of benzene rings is 2. The van der Waals surface area contributed by atoms with Crippen LogP contribution in [0.1, 0.15) is 34.5 Å². The SMILES string of the molecule is Cc1c(C(=O)Nc2ccc(NC(=O)C3CCCO3)cc2C(F)(F)F)cnn1-c1ccccc1F. The first-order valence-electron chi connectivity index (χ1n) is 10.4. The van der Waals surface area contributed by atoms with E-state index >= 15 is 0 Å². The monoisotopic (exact) mass is 476 g/mol. The number of amides is 2. The van der Waals surface area contributed by atoms with Crippen molar-refractivity contribution in [1.82, 2.24) is 9.78 Å². The number of hydrogen-bond acceptors (Lipinski definition) is 4. The van der Waals surface area contributed by atoms with Gasteiger partial charge in [-0.15, -0.1) is 0 Å². The summed E-state index contributed by atoms with van der Waals surface area (Å²) in [6.45, 7) is 1.92. The molecular weight excluding hydrogens is 456 g/mol. The highest BCUT2D eigenvalue weighted by Crippen LogP contribution is 2.37. The number of aromatic nitrogens is 2. The second-order valence-corrected chi connectivity index (χ2v) is 7.71. The van der Waals surface area contributed by atoms with Crippen molar-refractivity contribution in [2.45, 2.75) is 32.0 Å². The largest absolute Gasteiger partial charge is 0.418 e. The molecule has 2 amide bonds. The van der Waals surface area contributed by atoms with Gasteiger partial charge in [-0.05, 0) is 50.1 Å². The fourth-order valence-corrected chi connectivity index (χ4v) is 3.66. The number of para-hydroxylation sites is 1. The number of anilines is 2. The van der Waals surface area contributed by atoms with Crippen LogP contribution in [0.15, 0.2) is 48.7 Å². The minimum absolute atomic E-state index is 0.0212. The smallest absolute Gasteiger partial charge is 0.368 e. The van der Waals surface area contributed by atoms with Gasteiger partial charge in [0, 0.05) is 12.3 Å². The average molecular weight is 476 g/mol. The maximum Gasteiger partial charge on any atom is 0.418 e. The van der Waals surface area contributed by atoms with Crippen molar-refractivity contribution in [1.29, 1.82) is 0 Å². The van der Waals surface area contributed by atoms with Gasteiger partial charge < -0.3 is 15.4 Å². The Balaban J connectivity index is 1.58. The van der Waals surface area contributed by atoms with Crippen LogP contribution in [-0.2, 0) is 15.7 Å². The van der Waals surface area contributed by atoms with Gasteiger partial charge in [-0.1, -0.05) is 12.1 Å². The van der Waals surface area contributed by atoms with Crippen molar-refractivity contribution in [2.75, 3.05) is 17.2 Å². The van der Waals surface area contributed by atoms with Gasteiger partial charge in [0.05, 0.1) is 28.7 Å². The van der Waals surface area contributed by atoms with E-state index in [4.69, 9.17) is 4.74 Å². The molecule has 1 atom stereocenters. The standard InChI is InChI=1S/C23H20F4N4O3/c1-13-15(12-28-31(13)19-6-3-2-5-17(19)24)21(32)30-18-9-8-14(11-16(18)23(25,26)27)29-22(33)20-7-4-10-34-20/h2-3,5-6,8-9,11-12,20H,4,7,10H2,1H3,(H,29,33)(H,30,32). The third-order valence-electron chi connectivity index (χ3n) is 5.40. The van der Waals surface area contributed by atoms with Crippen LogP contribution in [0, 0.1) is 12.7 Å². The summed E-state index contributed by atoms with van der Waals surface area (Å²) < 4.78 is 61.7. The zero-order chi connectivity index (χ0) is 24.5. The van der Waals surface area contributed by atoms with Gasteiger partial charge in [-0.2, -0.15) is 18.3 Å². The Morgan fingerprint density at radius 1 is 1.15 bits per heavy atom. The Morgan fingerprint density at radius 3 is 2.59 bits per heavy atom. The van der Waals surface area contributed by atoms with Gasteiger partial charge in [-0.3, -0.25) is 9.59 Å². The van der Waals surface area contributed by atoms with E-state index < -0.39 is 41.2 Å². The quantitative estimate of drug-likeness (QED) is 0.523. The Labute approximate surface area is 191 Å². The molecule has 1 aliphatic rings. The van der Waals surface area contributed by atoms with Crippen molar-refractivity contribution in [3.8, 4) is 5.69 Å². The summed E-state index contributed by atoms with van der Waals surface area (Å²) in [5, 5.41) is 8.66. The maximum absolute atomic E-state index is 14.1. The summed E-state index contributed by atoms with van der Waals surface area (Å²) in [5.41, 5.74) is -1.38. The molecule has 0 bridgehead atoms. The van der Waals surface area contributed by atoms with Gasteiger partial charge >= 0.3 is 6.18 Å². The van der Waals surface area contributed by atoms with E-state index in [1.165, 1.54) is 35.9 Å². The Kier molecular flexibility index (Phi) is 6.38. The zero-order valence-electron chi connectivity index (χ0n) is 17.9. The first-order chi connectivity index (χ1) is 16.1. The third-order valence-corrected chi connectivity index (χ3v) is 5.40. The number of carbonyl (C=O) groups is 2. The molecule has 34 heavy (non-hydrogen) atoms. The third kappa shape index (κ3) is 4.79. The van der Waals surface area contributed by atoms with Crippen LogP contribution in [0.3, 0.4) is 0 Å². The number of alkyl halides is 3. The highest BCUT2D eigenvalue weighted by atomic mass is 19.4.